The number of piperazine rings is 1. The molecule has 1 aromatic heterocycles. The number of carbonyl (C=O) groups is 1. The Balaban J connectivity index is 1.41. The number of hydrogen-bond acceptors (Lipinski definition) is 5. The third-order valence-electron chi connectivity index (χ3n) is 6.22. The van der Waals surface area contributed by atoms with Crippen molar-refractivity contribution in [2.75, 3.05) is 44.7 Å². The lowest BCUT2D eigenvalue weighted by Crippen LogP contribution is -2.52. The van der Waals surface area contributed by atoms with E-state index in [1.165, 1.54) is 6.33 Å². The first-order valence-corrected chi connectivity index (χ1v) is 10.4. The minimum atomic E-state index is -2.59. The van der Waals surface area contributed by atoms with Crippen molar-refractivity contribution in [3.05, 3.63) is 34.9 Å². The smallest absolute Gasteiger partial charge is 0.261 e. The van der Waals surface area contributed by atoms with E-state index in [1.54, 1.807) is 6.07 Å². The molecule has 1 unspecified atom stereocenters. The molecule has 1 atom stereocenters. The molecule has 9 heteroatoms. The number of amides is 1. The first-order chi connectivity index (χ1) is 14.4. The van der Waals surface area contributed by atoms with E-state index in [4.69, 9.17) is 0 Å². The van der Waals surface area contributed by atoms with Crippen molar-refractivity contribution >= 4 is 22.5 Å². The summed E-state index contributed by atoms with van der Waals surface area (Å²) in [5, 5.41) is 0.352. The molecular formula is C21H27F2N5O2. The van der Waals surface area contributed by atoms with E-state index in [-0.39, 0.29) is 11.9 Å². The minimum absolute atomic E-state index is 0.237. The van der Waals surface area contributed by atoms with Crippen molar-refractivity contribution in [2.24, 2.45) is 0 Å². The van der Waals surface area contributed by atoms with Gasteiger partial charge in [-0.1, -0.05) is 0 Å². The molecule has 2 aliphatic rings. The number of likely N-dealkylation sites (N-methyl/N-ethyl adjacent to an activating group) is 1. The normalized spacial score (nSPS) is 21.1. The number of fused-ring (bicyclic) bond motifs is 1. The molecule has 2 aromatic rings. The van der Waals surface area contributed by atoms with Crippen molar-refractivity contribution in [3.63, 3.8) is 0 Å². The summed E-state index contributed by atoms with van der Waals surface area (Å²) in [5.41, 5.74) is 1.06. The van der Waals surface area contributed by atoms with Gasteiger partial charge in [0, 0.05) is 57.9 Å². The maximum Gasteiger partial charge on any atom is 0.261 e. The summed E-state index contributed by atoms with van der Waals surface area (Å²) >= 11 is 0. The molecular weight excluding hydrogens is 392 g/mol. The van der Waals surface area contributed by atoms with Gasteiger partial charge in [-0.25, -0.2) is 13.8 Å². The minimum Gasteiger partial charge on any atom is -0.369 e. The van der Waals surface area contributed by atoms with Crippen LogP contribution in [0, 0.1) is 0 Å². The van der Waals surface area contributed by atoms with E-state index in [0.29, 0.717) is 17.3 Å². The van der Waals surface area contributed by atoms with E-state index in [9.17, 15) is 18.4 Å². The average Bonchev–Trinajstić information content (AvgIpc) is 2.73. The number of piperidine rings is 1. The molecule has 1 amide bonds. The molecule has 162 valence electrons. The summed E-state index contributed by atoms with van der Waals surface area (Å²) in [4.78, 5) is 35.1. The fourth-order valence-electron chi connectivity index (χ4n) is 4.39. The second-order valence-electron chi connectivity index (χ2n) is 8.13. The summed E-state index contributed by atoms with van der Waals surface area (Å²) < 4.78 is 26.2. The highest BCUT2D eigenvalue weighted by Gasteiger charge is 2.28. The summed E-state index contributed by atoms with van der Waals surface area (Å²) in [6.07, 6.45) is 1.28. The van der Waals surface area contributed by atoms with Crippen molar-refractivity contribution < 1.29 is 13.6 Å². The molecule has 2 aliphatic heterocycles. The molecule has 0 bridgehead atoms. The third kappa shape index (κ3) is 4.30. The van der Waals surface area contributed by atoms with E-state index >= 15 is 0 Å². The first-order valence-electron chi connectivity index (χ1n) is 10.4. The van der Waals surface area contributed by atoms with Gasteiger partial charge in [0.05, 0.1) is 23.8 Å². The van der Waals surface area contributed by atoms with Crippen molar-refractivity contribution in [1.29, 1.82) is 0 Å². The molecule has 0 spiro atoms. The molecule has 1 aromatic carbocycles. The van der Waals surface area contributed by atoms with Crippen LogP contribution < -0.4 is 10.5 Å². The molecule has 7 nitrogen and oxygen atoms in total. The van der Waals surface area contributed by atoms with Gasteiger partial charge in [-0.2, -0.15) is 0 Å². The lowest BCUT2D eigenvalue weighted by molar-refractivity contribution is -0.135. The Kier molecular flexibility index (Phi) is 5.99. The largest absolute Gasteiger partial charge is 0.369 e. The van der Waals surface area contributed by atoms with Gasteiger partial charge in [-0.3, -0.25) is 19.1 Å². The van der Waals surface area contributed by atoms with E-state index in [2.05, 4.69) is 14.8 Å². The van der Waals surface area contributed by atoms with E-state index in [1.807, 2.05) is 24.1 Å². The van der Waals surface area contributed by atoms with Gasteiger partial charge in [-0.05, 0) is 31.0 Å². The number of hydrogen-bond donors (Lipinski definition) is 0. The summed E-state index contributed by atoms with van der Waals surface area (Å²) in [6, 6.07) is 5.68. The zero-order chi connectivity index (χ0) is 21.3. The Morgan fingerprint density at radius 3 is 2.67 bits per heavy atom. The number of halogens is 2. The average molecular weight is 419 g/mol. The van der Waals surface area contributed by atoms with Gasteiger partial charge in [-0.15, -0.1) is 0 Å². The van der Waals surface area contributed by atoms with Crippen LogP contribution in [0.2, 0.25) is 0 Å². The van der Waals surface area contributed by atoms with Crippen LogP contribution in [0.4, 0.5) is 14.5 Å². The number of likely N-dealkylation sites (tertiary alicyclic amines) is 1. The fraction of sp³-hybridized carbons (Fsp3) is 0.571. The number of carbonyl (C=O) groups excluding carboxylic acids is 1. The molecule has 0 radical (unpaired) electrons. The second kappa shape index (κ2) is 8.67. The van der Waals surface area contributed by atoms with Crippen molar-refractivity contribution in [3.8, 4) is 0 Å². The van der Waals surface area contributed by atoms with Crippen LogP contribution in [0.15, 0.2) is 29.3 Å². The Morgan fingerprint density at radius 2 is 1.93 bits per heavy atom. The third-order valence-corrected chi connectivity index (χ3v) is 6.22. The van der Waals surface area contributed by atoms with Gasteiger partial charge in [0.2, 0.25) is 5.91 Å². The molecule has 0 N–H and O–H groups in total. The maximum absolute atomic E-state index is 12.6. The topological polar surface area (TPSA) is 61.7 Å². The number of alkyl halides is 2. The van der Waals surface area contributed by atoms with Gasteiger partial charge in [0.15, 0.2) is 0 Å². The zero-order valence-corrected chi connectivity index (χ0v) is 17.1. The lowest BCUT2D eigenvalue weighted by atomic mass is 10.0. The van der Waals surface area contributed by atoms with Crippen LogP contribution in [-0.2, 0) is 11.3 Å². The summed E-state index contributed by atoms with van der Waals surface area (Å²) in [5.74, 6) is 0.237. The van der Waals surface area contributed by atoms with Crippen LogP contribution >= 0.6 is 0 Å². The Hall–Kier alpha value is -2.55. The number of nitrogens with zero attached hydrogens (tertiary/aromatic N) is 5. The van der Waals surface area contributed by atoms with Crippen molar-refractivity contribution in [1.82, 2.24) is 19.4 Å². The lowest BCUT2D eigenvalue weighted by Gasteiger charge is -2.40. The van der Waals surface area contributed by atoms with E-state index < -0.39 is 18.5 Å². The van der Waals surface area contributed by atoms with Gasteiger partial charge in [0.1, 0.15) is 0 Å². The number of anilines is 1. The Labute approximate surface area is 173 Å². The Morgan fingerprint density at radius 1 is 1.17 bits per heavy atom. The quantitative estimate of drug-likeness (QED) is 0.740. The highest BCUT2D eigenvalue weighted by atomic mass is 19.3. The first kappa shape index (κ1) is 20.7. The maximum atomic E-state index is 12.6. The second-order valence-corrected chi connectivity index (χ2v) is 8.13. The molecule has 4 rings (SSSR count). The summed E-state index contributed by atoms with van der Waals surface area (Å²) in [6.45, 7) is 3.75. The number of benzene rings is 1. The van der Waals surface area contributed by atoms with Gasteiger partial charge < -0.3 is 9.80 Å². The molecule has 30 heavy (non-hydrogen) atoms. The predicted molar refractivity (Wildman–Crippen MR) is 111 cm³/mol. The fourth-order valence-corrected chi connectivity index (χ4v) is 4.39. The van der Waals surface area contributed by atoms with Crippen LogP contribution in [0.3, 0.4) is 0 Å². The SMILES string of the molecule is CN1C(=O)CCCC1CN1CCN(c2ccc3c(=O)n(CC(F)F)cnc3c2)CC1. The van der Waals surface area contributed by atoms with Crippen molar-refractivity contribution in [2.45, 2.75) is 38.3 Å². The molecule has 3 heterocycles. The highest BCUT2D eigenvalue weighted by molar-refractivity contribution is 5.81. The highest BCUT2D eigenvalue weighted by Crippen LogP contribution is 2.22. The Bertz CT molecular complexity index is 972. The molecule has 0 saturated carbocycles. The molecule has 2 fully saturated rings. The van der Waals surface area contributed by atoms with Crippen LogP contribution in [0.1, 0.15) is 19.3 Å². The van der Waals surface area contributed by atoms with Crippen LogP contribution in [0.25, 0.3) is 10.9 Å². The zero-order valence-electron chi connectivity index (χ0n) is 17.1. The van der Waals surface area contributed by atoms with E-state index in [0.717, 1.165) is 55.8 Å². The van der Waals surface area contributed by atoms with Gasteiger partial charge >= 0.3 is 0 Å². The van der Waals surface area contributed by atoms with Crippen LogP contribution in [-0.4, -0.2) is 77.5 Å². The predicted octanol–water partition coefficient (Wildman–Crippen LogP) is 1.79. The molecule has 2 saturated heterocycles. The van der Waals surface area contributed by atoms with Crippen LogP contribution in [0.5, 0.6) is 0 Å². The number of aromatic nitrogens is 2. The summed E-state index contributed by atoms with van der Waals surface area (Å²) in [7, 11) is 1.90. The molecule has 0 aliphatic carbocycles. The monoisotopic (exact) mass is 419 g/mol. The number of rotatable bonds is 5. The van der Waals surface area contributed by atoms with Gasteiger partial charge in [0.25, 0.3) is 12.0 Å². The standard InChI is InChI=1S/C21H27F2N5O2/c1-25-16(3-2-4-20(25)29)12-26-7-9-27(10-8-26)15-5-6-17-18(11-15)24-14-28(21(17)30)13-19(22)23/h5-6,11,14,16,19H,2-4,7-10,12-13H2,1H3.